The second kappa shape index (κ2) is 5.51. The number of rotatable bonds is 5. The van der Waals surface area contributed by atoms with Gasteiger partial charge in [-0.25, -0.2) is 0 Å². The number of nitrogens with zero attached hydrogens (tertiary/aromatic N) is 1. The first-order valence-electron chi connectivity index (χ1n) is 8.04. The van der Waals surface area contributed by atoms with Crippen molar-refractivity contribution in [3.63, 3.8) is 0 Å². The summed E-state index contributed by atoms with van der Waals surface area (Å²) in [6.45, 7) is 3.80. The van der Waals surface area contributed by atoms with E-state index in [4.69, 9.17) is 9.15 Å². The first kappa shape index (κ1) is 12.9. The highest BCUT2D eigenvalue weighted by molar-refractivity contribution is 5.13. The summed E-state index contributed by atoms with van der Waals surface area (Å²) in [6.07, 6.45) is 8.87. The zero-order valence-corrected chi connectivity index (χ0v) is 12.0. The van der Waals surface area contributed by atoms with Crippen LogP contribution in [-0.2, 0) is 17.8 Å². The van der Waals surface area contributed by atoms with Crippen LogP contribution in [0.2, 0.25) is 0 Å². The first-order chi connectivity index (χ1) is 9.88. The molecule has 2 heterocycles. The minimum atomic E-state index is 0.467. The number of hydrogen-bond donors (Lipinski definition) is 1. The molecule has 4 rings (SSSR count). The molecule has 0 radical (unpaired) electrons. The van der Waals surface area contributed by atoms with Crippen LogP contribution in [0.25, 0.3) is 0 Å². The van der Waals surface area contributed by atoms with E-state index in [1.54, 1.807) is 0 Å². The molecule has 1 saturated heterocycles. The molecule has 1 N–H and O–H groups in total. The van der Waals surface area contributed by atoms with Gasteiger partial charge in [-0.15, -0.1) is 0 Å². The average Bonchev–Trinajstić information content (AvgIpc) is 2.98. The van der Waals surface area contributed by atoms with Crippen LogP contribution in [0, 0.1) is 0 Å². The topological polar surface area (TPSA) is 37.6 Å². The fraction of sp³-hybridized carbons (Fsp3) is 0.750. The molecule has 4 heteroatoms. The van der Waals surface area contributed by atoms with Crippen molar-refractivity contribution in [1.29, 1.82) is 0 Å². The normalized spacial score (nSPS) is 30.6. The Kier molecular flexibility index (Phi) is 3.54. The van der Waals surface area contributed by atoms with E-state index in [0.29, 0.717) is 12.1 Å². The number of morpholine rings is 1. The monoisotopic (exact) mass is 276 g/mol. The maximum atomic E-state index is 5.86. The predicted molar refractivity (Wildman–Crippen MR) is 76.4 cm³/mol. The fourth-order valence-corrected chi connectivity index (χ4v) is 3.55. The van der Waals surface area contributed by atoms with Crippen LogP contribution in [-0.4, -0.2) is 36.2 Å². The van der Waals surface area contributed by atoms with Crippen LogP contribution in [0.5, 0.6) is 0 Å². The van der Waals surface area contributed by atoms with Crippen molar-refractivity contribution in [3.05, 3.63) is 23.7 Å². The zero-order chi connectivity index (χ0) is 13.4. The third-order valence-corrected chi connectivity index (χ3v) is 4.84. The van der Waals surface area contributed by atoms with Crippen molar-refractivity contribution in [1.82, 2.24) is 10.2 Å². The molecule has 0 aromatic carbocycles. The lowest BCUT2D eigenvalue weighted by Gasteiger charge is -2.37. The van der Waals surface area contributed by atoms with E-state index in [1.165, 1.54) is 37.7 Å². The summed E-state index contributed by atoms with van der Waals surface area (Å²) in [5.41, 5.74) is 1.28. The van der Waals surface area contributed by atoms with Crippen LogP contribution in [0.1, 0.15) is 43.4 Å². The van der Waals surface area contributed by atoms with Crippen molar-refractivity contribution in [2.75, 3.05) is 13.2 Å². The number of nitrogens with one attached hydrogen (secondary N) is 1. The van der Waals surface area contributed by atoms with Crippen molar-refractivity contribution in [2.45, 2.75) is 63.4 Å². The number of ether oxygens (including phenoxy) is 1. The van der Waals surface area contributed by atoms with Gasteiger partial charge in [0, 0.05) is 30.7 Å². The van der Waals surface area contributed by atoms with Gasteiger partial charge in [-0.1, -0.05) is 0 Å². The molecular formula is C16H24N2O2. The molecule has 2 atom stereocenters. The maximum Gasteiger partial charge on any atom is 0.118 e. The molecule has 4 nitrogen and oxygen atoms in total. The number of furan rings is 1. The van der Waals surface area contributed by atoms with Gasteiger partial charge in [0.05, 0.1) is 25.5 Å². The van der Waals surface area contributed by atoms with Crippen LogP contribution >= 0.6 is 0 Å². The Hall–Kier alpha value is -0.840. The summed E-state index contributed by atoms with van der Waals surface area (Å²) in [5.74, 6) is 1.10. The van der Waals surface area contributed by atoms with Gasteiger partial charge in [0.25, 0.3) is 0 Å². The van der Waals surface area contributed by atoms with Crippen LogP contribution < -0.4 is 5.32 Å². The Morgan fingerprint density at radius 2 is 2.20 bits per heavy atom. The van der Waals surface area contributed by atoms with E-state index < -0.39 is 0 Å². The summed E-state index contributed by atoms with van der Waals surface area (Å²) in [5, 5.41) is 3.53. The molecule has 0 amide bonds. The molecule has 3 aliphatic rings. The Morgan fingerprint density at radius 3 is 3.10 bits per heavy atom. The largest absolute Gasteiger partial charge is 0.468 e. The van der Waals surface area contributed by atoms with E-state index in [9.17, 15) is 0 Å². The molecular weight excluding hydrogens is 252 g/mol. The Morgan fingerprint density at radius 1 is 1.25 bits per heavy atom. The molecule has 0 bridgehead atoms. The highest BCUT2D eigenvalue weighted by Crippen LogP contribution is 2.30. The molecule has 2 saturated carbocycles. The molecule has 20 heavy (non-hydrogen) atoms. The minimum Gasteiger partial charge on any atom is -0.468 e. The zero-order valence-electron chi connectivity index (χ0n) is 12.0. The summed E-state index contributed by atoms with van der Waals surface area (Å²) < 4.78 is 11.6. The summed E-state index contributed by atoms with van der Waals surface area (Å²) >= 11 is 0. The van der Waals surface area contributed by atoms with Gasteiger partial charge < -0.3 is 14.5 Å². The van der Waals surface area contributed by atoms with Crippen molar-refractivity contribution in [2.24, 2.45) is 0 Å². The Bertz CT molecular complexity index is 455. The third kappa shape index (κ3) is 2.78. The van der Waals surface area contributed by atoms with Gasteiger partial charge in [-0.05, 0) is 38.2 Å². The third-order valence-electron chi connectivity index (χ3n) is 4.84. The van der Waals surface area contributed by atoms with E-state index in [1.807, 2.05) is 6.26 Å². The minimum absolute atomic E-state index is 0.467. The summed E-state index contributed by atoms with van der Waals surface area (Å²) in [4.78, 5) is 2.55. The SMILES string of the molecule is c1oc(CN2CCOC3CCCC32)cc1CNC1CC1. The standard InChI is InChI=1S/C16H24N2O2/c1-2-15-16(3-1)19-7-6-18(15)10-14-8-12(11-20-14)9-17-13-4-5-13/h8,11,13,15-17H,1-7,9-10H2. The Labute approximate surface area is 120 Å². The quantitative estimate of drug-likeness (QED) is 0.895. The van der Waals surface area contributed by atoms with Crippen molar-refractivity contribution < 1.29 is 9.15 Å². The van der Waals surface area contributed by atoms with Crippen LogP contribution in [0.3, 0.4) is 0 Å². The molecule has 110 valence electrons. The average molecular weight is 276 g/mol. The Balaban J connectivity index is 1.35. The van der Waals surface area contributed by atoms with E-state index >= 15 is 0 Å². The summed E-state index contributed by atoms with van der Waals surface area (Å²) in [7, 11) is 0. The smallest absolute Gasteiger partial charge is 0.118 e. The molecule has 0 spiro atoms. The fourth-order valence-electron chi connectivity index (χ4n) is 3.55. The van der Waals surface area contributed by atoms with Gasteiger partial charge in [-0.2, -0.15) is 0 Å². The van der Waals surface area contributed by atoms with Gasteiger partial charge in [0.2, 0.25) is 0 Å². The lowest BCUT2D eigenvalue weighted by atomic mass is 10.1. The molecule has 3 fully saturated rings. The first-order valence-corrected chi connectivity index (χ1v) is 8.04. The second-order valence-electron chi connectivity index (χ2n) is 6.45. The molecule has 1 aliphatic heterocycles. The van der Waals surface area contributed by atoms with Crippen molar-refractivity contribution >= 4 is 0 Å². The highest BCUT2D eigenvalue weighted by Gasteiger charge is 2.36. The van der Waals surface area contributed by atoms with E-state index in [0.717, 1.165) is 38.0 Å². The van der Waals surface area contributed by atoms with Crippen LogP contribution in [0.4, 0.5) is 0 Å². The molecule has 1 aromatic rings. The van der Waals surface area contributed by atoms with Gasteiger partial charge in [0.15, 0.2) is 0 Å². The predicted octanol–water partition coefficient (Wildman–Crippen LogP) is 2.28. The highest BCUT2D eigenvalue weighted by atomic mass is 16.5. The summed E-state index contributed by atoms with van der Waals surface area (Å²) in [6, 6.07) is 3.59. The van der Waals surface area contributed by atoms with Crippen LogP contribution in [0.15, 0.2) is 16.7 Å². The van der Waals surface area contributed by atoms with E-state index in [2.05, 4.69) is 16.3 Å². The van der Waals surface area contributed by atoms with Gasteiger partial charge >= 0.3 is 0 Å². The number of fused-ring (bicyclic) bond motifs is 1. The van der Waals surface area contributed by atoms with E-state index in [-0.39, 0.29) is 0 Å². The number of hydrogen-bond acceptors (Lipinski definition) is 4. The molecule has 2 aliphatic carbocycles. The lowest BCUT2D eigenvalue weighted by molar-refractivity contribution is -0.0606. The van der Waals surface area contributed by atoms with Gasteiger partial charge in [-0.3, -0.25) is 4.90 Å². The molecule has 2 unspecified atom stereocenters. The lowest BCUT2D eigenvalue weighted by Crippen LogP contribution is -2.47. The second-order valence-corrected chi connectivity index (χ2v) is 6.45. The molecule has 1 aromatic heterocycles. The van der Waals surface area contributed by atoms with Crippen molar-refractivity contribution in [3.8, 4) is 0 Å². The van der Waals surface area contributed by atoms with Gasteiger partial charge in [0.1, 0.15) is 5.76 Å². The maximum absolute atomic E-state index is 5.86.